The lowest BCUT2D eigenvalue weighted by atomic mass is 9.69. The van der Waals surface area contributed by atoms with Gasteiger partial charge in [0.25, 0.3) is 0 Å². The molecule has 1 spiro atoms. The van der Waals surface area contributed by atoms with Crippen LogP contribution in [0.1, 0.15) is 98.7 Å². The zero-order valence-corrected chi connectivity index (χ0v) is 22.0. The lowest BCUT2D eigenvalue weighted by Crippen LogP contribution is -2.46. The first-order chi connectivity index (χ1) is 16.8. The summed E-state index contributed by atoms with van der Waals surface area (Å²) in [6.45, 7) is 8.43. The molecule has 206 valence electrons. The summed E-state index contributed by atoms with van der Waals surface area (Å²) in [7, 11) is -9.85. The van der Waals surface area contributed by atoms with Gasteiger partial charge in [0.1, 0.15) is 11.0 Å². The molecule has 5 rings (SSSR count). The number of nitrogens with zero attached hydrogens (tertiary/aromatic N) is 1. The molecule has 0 bridgehead atoms. The molecule has 0 radical (unpaired) electrons. The first-order valence-electron chi connectivity index (χ1n) is 12.4. The van der Waals surface area contributed by atoms with Crippen molar-refractivity contribution in [1.29, 1.82) is 0 Å². The smallest absolute Gasteiger partial charge is 0.310 e. The fourth-order valence-electron chi connectivity index (χ4n) is 6.31. The Kier molecular flexibility index (Phi) is 5.46. The van der Waals surface area contributed by atoms with Crippen LogP contribution in [0.4, 0.5) is 19.4 Å². The Morgan fingerprint density at radius 2 is 1.62 bits per heavy atom. The SMILES string of the molecule is CC(C)c1c2c(c3c([n+]1[O-])CC(C)(C)C[C@@H]3O)C1(CCOCC1)O[C@@H]2c1ccc(S(F)(F)(F)(F)F)cc1. The number of aliphatic hydroxyl groups is 1. The maximum Gasteiger partial charge on any atom is 0.310 e. The second-order valence-corrected chi connectivity index (χ2v) is 14.1. The van der Waals surface area contributed by atoms with Crippen molar-refractivity contribution in [2.75, 3.05) is 13.2 Å². The van der Waals surface area contributed by atoms with Gasteiger partial charge in [-0.3, -0.25) is 0 Å². The maximum absolute atomic E-state index is 13.8. The van der Waals surface area contributed by atoms with Crippen LogP contribution in [-0.4, -0.2) is 18.3 Å². The van der Waals surface area contributed by atoms with Gasteiger partial charge in [0.15, 0.2) is 5.69 Å². The third kappa shape index (κ3) is 4.41. The number of aliphatic hydroxyl groups excluding tert-OH is 1. The lowest BCUT2D eigenvalue weighted by molar-refractivity contribution is -0.626. The van der Waals surface area contributed by atoms with Crippen LogP contribution < -0.4 is 4.73 Å². The fourth-order valence-corrected chi connectivity index (χ4v) is 6.96. The van der Waals surface area contributed by atoms with Gasteiger partial charge >= 0.3 is 10.2 Å². The van der Waals surface area contributed by atoms with Crippen LogP contribution in [0.15, 0.2) is 29.2 Å². The van der Waals surface area contributed by atoms with E-state index in [0.29, 0.717) is 79.1 Å². The molecule has 2 atom stereocenters. The summed E-state index contributed by atoms with van der Waals surface area (Å²) in [5.41, 5.74) is 1.67. The van der Waals surface area contributed by atoms with E-state index in [2.05, 4.69) is 0 Å². The average Bonchev–Trinajstić information content (AvgIpc) is 3.06. The molecule has 37 heavy (non-hydrogen) atoms. The highest BCUT2D eigenvalue weighted by Gasteiger charge is 2.65. The number of ether oxygens (including phenoxy) is 2. The van der Waals surface area contributed by atoms with Crippen molar-refractivity contribution in [3.63, 3.8) is 0 Å². The van der Waals surface area contributed by atoms with Crippen molar-refractivity contribution < 1.29 is 38.7 Å². The molecule has 0 amide bonds. The number of pyridine rings is 1. The van der Waals surface area contributed by atoms with Gasteiger partial charge in [-0.25, -0.2) is 0 Å². The molecule has 11 heteroatoms. The molecule has 1 N–H and O–H groups in total. The van der Waals surface area contributed by atoms with E-state index in [1.54, 1.807) is 0 Å². The van der Waals surface area contributed by atoms with Crippen LogP contribution in [0, 0.1) is 10.6 Å². The molecule has 1 aliphatic carbocycles. The predicted octanol–water partition coefficient (Wildman–Crippen LogP) is 7.23. The summed E-state index contributed by atoms with van der Waals surface area (Å²) in [5.74, 6) is -0.274. The molecule has 2 aliphatic heterocycles. The Hall–Kier alpha value is -1.95. The van der Waals surface area contributed by atoms with E-state index in [1.165, 1.54) is 0 Å². The van der Waals surface area contributed by atoms with Crippen LogP contribution in [0.25, 0.3) is 0 Å². The zero-order valence-electron chi connectivity index (χ0n) is 21.2. The Morgan fingerprint density at radius 1 is 1.03 bits per heavy atom. The molecule has 3 aliphatic rings. The van der Waals surface area contributed by atoms with Gasteiger partial charge in [-0.2, -0.15) is 4.73 Å². The predicted molar refractivity (Wildman–Crippen MR) is 129 cm³/mol. The number of fused-ring (bicyclic) bond motifs is 4. The van der Waals surface area contributed by atoms with Gasteiger partial charge in [0.05, 0.1) is 22.8 Å². The van der Waals surface area contributed by atoms with E-state index < -0.39 is 32.9 Å². The van der Waals surface area contributed by atoms with E-state index in [4.69, 9.17) is 9.47 Å². The van der Waals surface area contributed by atoms with E-state index in [0.717, 1.165) is 16.9 Å². The Labute approximate surface area is 212 Å². The van der Waals surface area contributed by atoms with Crippen molar-refractivity contribution in [3.05, 3.63) is 63.1 Å². The van der Waals surface area contributed by atoms with E-state index >= 15 is 0 Å². The summed E-state index contributed by atoms with van der Waals surface area (Å²) in [6, 6.07) is 2.76. The van der Waals surface area contributed by atoms with Gasteiger partial charge in [-0.05, 0) is 29.5 Å². The zero-order chi connectivity index (χ0) is 27.2. The summed E-state index contributed by atoms with van der Waals surface area (Å²) >= 11 is 0. The molecule has 1 aromatic heterocycles. The molecule has 1 saturated heterocycles. The van der Waals surface area contributed by atoms with Crippen molar-refractivity contribution >= 4 is 10.2 Å². The molecule has 5 nitrogen and oxygen atoms in total. The van der Waals surface area contributed by atoms with E-state index in [1.807, 2.05) is 27.7 Å². The van der Waals surface area contributed by atoms with E-state index in [9.17, 15) is 29.7 Å². The molecular formula is C26H32F5NO4S. The molecule has 0 unspecified atom stereocenters. The standard InChI is InChI=1S/C26H32F5NO4S/c1-15(2)23-21-22(20-18(32(23)34)13-25(3,4)14-19(20)33)26(9-11-35-12-10-26)36-24(21)16-5-7-17(8-6-16)37(27,28,29,30)31/h5-8,15,19,24,33H,9-14H2,1-4H3/t19-,24+/m0/s1. The Bertz CT molecular complexity index is 1260. The molecular weight excluding hydrogens is 517 g/mol. The summed E-state index contributed by atoms with van der Waals surface area (Å²) < 4.78 is 80.0. The number of hydrogen-bond donors (Lipinski definition) is 1. The van der Waals surface area contributed by atoms with Crippen LogP contribution in [0.2, 0.25) is 0 Å². The monoisotopic (exact) mass is 549 g/mol. The topological polar surface area (TPSA) is 65.6 Å². The minimum atomic E-state index is -9.85. The van der Waals surface area contributed by atoms with Crippen LogP contribution in [-0.2, 0) is 21.5 Å². The normalized spacial score (nSPS) is 26.5. The van der Waals surface area contributed by atoms with Gasteiger partial charge in [0, 0.05) is 44.0 Å². The number of benzene rings is 1. The minimum Gasteiger partial charge on any atom is -0.618 e. The first kappa shape index (κ1) is 26.6. The third-order valence-corrected chi connectivity index (χ3v) is 9.01. The second-order valence-electron chi connectivity index (χ2n) is 11.7. The highest BCUT2D eigenvalue weighted by Crippen LogP contribution is 3.02. The molecule has 1 aromatic carbocycles. The Morgan fingerprint density at radius 3 is 2.16 bits per heavy atom. The number of rotatable bonds is 3. The second kappa shape index (κ2) is 7.58. The Balaban J connectivity index is 1.78. The van der Waals surface area contributed by atoms with Gasteiger partial charge in [-0.15, -0.1) is 0 Å². The van der Waals surface area contributed by atoms with Crippen molar-refractivity contribution in [3.8, 4) is 0 Å². The third-order valence-electron chi connectivity index (χ3n) is 7.85. The van der Waals surface area contributed by atoms with Gasteiger partial charge in [-0.1, -0.05) is 59.3 Å². The number of halogens is 5. The number of hydrogen-bond acceptors (Lipinski definition) is 4. The van der Waals surface area contributed by atoms with Crippen molar-refractivity contribution in [1.82, 2.24) is 0 Å². The van der Waals surface area contributed by atoms with Crippen LogP contribution >= 0.6 is 10.2 Å². The summed E-state index contributed by atoms with van der Waals surface area (Å²) in [4.78, 5) is -1.98. The summed E-state index contributed by atoms with van der Waals surface area (Å²) in [5, 5.41) is 25.2. The summed E-state index contributed by atoms with van der Waals surface area (Å²) in [6.07, 6.45) is -0.127. The van der Waals surface area contributed by atoms with E-state index in [-0.39, 0.29) is 16.9 Å². The van der Waals surface area contributed by atoms with Crippen molar-refractivity contribution in [2.45, 2.75) is 82.0 Å². The molecule has 2 aromatic rings. The molecule has 1 fully saturated rings. The van der Waals surface area contributed by atoms with Gasteiger partial charge < -0.3 is 19.8 Å². The maximum atomic E-state index is 13.8. The number of aromatic nitrogens is 1. The van der Waals surface area contributed by atoms with Crippen LogP contribution in [0.5, 0.6) is 0 Å². The first-order valence-corrected chi connectivity index (χ1v) is 14.4. The fraction of sp³-hybridized carbons (Fsp3) is 0.577. The highest BCUT2D eigenvalue weighted by atomic mass is 32.5. The minimum absolute atomic E-state index is 0.239. The lowest BCUT2D eigenvalue weighted by Gasteiger charge is -2.40. The quantitative estimate of drug-likeness (QED) is 0.249. The largest absolute Gasteiger partial charge is 0.618 e. The van der Waals surface area contributed by atoms with Gasteiger partial charge in [0.2, 0.25) is 5.69 Å². The average molecular weight is 550 g/mol. The van der Waals surface area contributed by atoms with Crippen molar-refractivity contribution in [2.24, 2.45) is 5.41 Å². The highest BCUT2D eigenvalue weighted by molar-refractivity contribution is 8.45. The molecule has 3 heterocycles. The van der Waals surface area contributed by atoms with Crippen LogP contribution in [0.3, 0.4) is 0 Å². The molecule has 0 saturated carbocycles.